The topological polar surface area (TPSA) is 57.5 Å². The predicted octanol–water partition coefficient (Wildman–Crippen LogP) is 3.56. The molecule has 2 N–H and O–H groups in total. The second kappa shape index (κ2) is 12.1. The molecule has 0 amide bonds. The first-order chi connectivity index (χ1) is 13.7. The highest BCUT2D eigenvalue weighted by molar-refractivity contribution is 14.0. The molecule has 3 rings (SSSR count). The van der Waals surface area contributed by atoms with Crippen LogP contribution in [0.4, 0.5) is 4.39 Å². The van der Waals surface area contributed by atoms with Gasteiger partial charge in [-0.05, 0) is 50.4 Å². The zero-order valence-corrected chi connectivity index (χ0v) is 19.6. The molecule has 0 spiro atoms. The fraction of sp³-hybridized carbons (Fsp3) is 0.524. The van der Waals surface area contributed by atoms with E-state index < -0.39 is 0 Å². The third kappa shape index (κ3) is 6.95. The van der Waals surface area contributed by atoms with Crippen LogP contribution in [0, 0.1) is 5.82 Å². The molecule has 2 aromatic rings. The molecular weight excluding hydrogens is 482 g/mol. The van der Waals surface area contributed by atoms with Gasteiger partial charge < -0.3 is 20.1 Å². The molecule has 0 saturated carbocycles. The smallest absolute Gasteiger partial charge is 0.191 e. The lowest BCUT2D eigenvalue weighted by Gasteiger charge is -2.33. The largest absolute Gasteiger partial charge is 0.356 e. The highest BCUT2D eigenvalue weighted by Crippen LogP contribution is 2.16. The Hall–Kier alpha value is -1.68. The summed E-state index contributed by atoms with van der Waals surface area (Å²) in [5.41, 5.74) is 1.36. The number of aromatic nitrogens is 2. The molecule has 0 radical (unpaired) electrons. The van der Waals surface area contributed by atoms with E-state index in [-0.39, 0.29) is 29.8 Å². The molecule has 1 aromatic carbocycles. The minimum absolute atomic E-state index is 0. The Morgan fingerprint density at radius 2 is 2.17 bits per heavy atom. The van der Waals surface area contributed by atoms with Gasteiger partial charge in [0.05, 0.1) is 12.0 Å². The number of benzene rings is 1. The van der Waals surface area contributed by atoms with E-state index in [1.54, 1.807) is 42.5 Å². The highest BCUT2D eigenvalue weighted by atomic mass is 127. The van der Waals surface area contributed by atoms with Crippen LogP contribution in [0.1, 0.15) is 38.2 Å². The normalized spacial score (nSPS) is 17.6. The number of imidazole rings is 1. The van der Waals surface area contributed by atoms with Gasteiger partial charge >= 0.3 is 0 Å². The molecule has 29 heavy (non-hydrogen) atoms. The number of hydrogen-bond donors (Lipinski definition) is 2. The van der Waals surface area contributed by atoms with E-state index in [2.05, 4.69) is 32.4 Å². The van der Waals surface area contributed by atoms with Crippen LogP contribution >= 0.6 is 24.0 Å². The minimum Gasteiger partial charge on any atom is -0.356 e. The Morgan fingerprint density at radius 1 is 1.31 bits per heavy atom. The Morgan fingerprint density at radius 3 is 2.86 bits per heavy atom. The Bertz CT molecular complexity index is 765. The molecule has 1 aliphatic heterocycles. The molecule has 2 heterocycles. The van der Waals surface area contributed by atoms with Crippen LogP contribution in [0.3, 0.4) is 0 Å². The molecular formula is C21H32FIN6. The second-order valence-electron chi connectivity index (χ2n) is 7.34. The molecule has 160 valence electrons. The van der Waals surface area contributed by atoms with Gasteiger partial charge in [0.1, 0.15) is 5.82 Å². The van der Waals surface area contributed by atoms with Gasteiger partial charge in [-0.2, -0.15) is 0 Å². The summed E-state index contributed by atoms with van der Waals surface area (Å²) in [7, 11) is 1.75. The molecule has 1 unspecified atom stereocenters. The standard InChI is InChI=1S/C21H31FN6.HI/c1-17-6-3-4-11-27(17)12-5-9-25-21(23-2)26-15-18-7-8-20(19(22)14-18)28-13-10-24-16-28;/h7-8,10,13-14,16-17H,3-6,9,11-12,15H2,1-2H3,(H2,23,25,26);1H. The van der Waals surface area contributed by atoms with E-state index in [1.165, 1.54) is 25.8 Å². The first kappa shape index (κ1) is 23.6. The van der Waals surface area contributed by atoms with Crippen molar-refractivity contribution in [1.29, 1.82) is 0 Å². The lowest BCUT2D eigenvalue weighted by Crippen LogP contribution is -2.41. The third-order valence-corrected chi connectivity index (χ3v) is 5.33. The molecule has 6 nitrogen and oxygen atoms in total. The molecule has 8 heteroatoms. The maximum Gasteiger partial charge on any atom is 0.191 e. The zero-order valence-electron chi connectivity index (χ0n) is 17.3. The van der Waals surface area contributed by atoms with Crippen molar-refractivity contribution in [1.82, 2.24) is 25.1 Å². The van der Waals surface area contributed by atoms with E-state index in [0.29, 0.717) is 18.3 Å². The number of rotatable bonds is 7. The highest BCUT2D eigenvalue weighted by Gasteiger charge is 2.17. The number of likely N-dealkylation sites (tertiary alicyclic amines) is 1. The lowest BCUT2D eigenvalue weighted by molar-refractivity contribution is 0.159. The van der Waals surface area contributed by atoms with Crippen molar-refractivity contribution >= 4 is 29.9 Å². The van der Waals surface area contributed by atoms with Crippen LogP contribution < -0.4 is 10.6 Å². The number of nitrogens with zero attached hydrogens (tertiary/aromatic N) is 4. The summed E-state index contributed by atoms with van der Waals surface area (Å²) in [6.45, 7) is 6.05. The van der Waals surface area contributed by atoms with Crippen molar-refractivity contribution in [3.63, 3.8) is 0 Å². The van der Waals surface area contributed by atoms with Crippen molar-refractivity contribution in [3.05, 3.63) is 48.3 Å². The van der Waals surface area contributed by atoms with Crippen LogP contribution in [-0.2, 0) is 6.54 Å². The van der Waals surface area contributed by atoms with Crippen LogP contribution in [0.5, 0.6) is 0 Å². The van der Waals surface area contributed by atoms with E-state index in [4.69, 9.17) is 0 Å². The Labute approximate surface area is 190 Å². The summed E-state index contributed by atoms with van der Waals surface area (Å²) in [5.74, 6) is 0.474. The van der Waals surface area contributed by atoms with Crippen LogP contribution in [0.25, 0.3) is 5.69 Å². The summed E-state index contributed by atoms with van der Waals surface area (Å²) >= 11 is 0. The summed E-state index contributed by atoms with van der Waals surface area (Å²) in [6.07, 6.45) is 10.0. The van der Waals surface area contributed by atoms with Crippen molar-refractivity contribution in [3.8, 4) is 5.69 Å². The van der Waals surface area contributed by atoms with E-state index >= 15 is 0 Å². The first-order valence-electron chi connectivity index (χ1n) is 10.1. The maximum atomic E-state index is 14.3. The fourth-order valence-electron chi connectivity index (χ4n) is 3.66. The molecule has 0 aliphatic carbocycles. The second-order valence-corrected chi connectivity index (χ2v) is 7.34. The Balaban J connectivity index is 0.00000300. The van der Waals surface area contributed by atoms with E-state index in [9.17, 15) is 4.39 Å². The average molecular weight is 514 g/mol. The average Bonchev–Trinajstić information content (AvgIpc) is 3.23. The van der Waals surface area contributed by atoms with Crippen molar-refractivity contribution in [2.45, 2.75) is 45.2 Å². The van der Waals surface area contributed by atoms with Crippen LogP contribution in [0.15, 0.2) is 41.9 Å². The molecule has 1 fully saturated rings. The van der Waals surface area contributed by atoms with Gasteiger partial charge in [0, 0.05) is 45.1 Å². The van der Waals surface area contributed by atoms with Gasteiger partial charge in [-0.3, -0.25) is 4.99 Å². The summed E-state index contributed by atoms with van der Waals surface area (Å²) in [6, 6.07) is 5.93. The van der Waals surface area contributed by atoms with Crippen molar-refractivity contribution in [2.24, 2.45) is 4.99 Å². The van der Waals surface area contributed by atoms with Gasteiger partial charge in [0.2, 0.25) is 0 Å². The number of guanidine groups is 1. The third-order valence-electron chi connectivity index (χ3n) is 5.33. The number of halogens is 2. The molecule has 1 aliphatic rings. The number of nitrogens with one attached hydrogen (secondary N) is 2. The predicted molar refractivity (Wildman–Crippen MR) is 127 cm³/mol. The summed E-state index contributed by atoms with van der Waals surface area (Å²) < 4.78 is 16.0. The summed E-state index contributed by atoms with van der Waals surface area (Å²) in [4.78, 5) is 10.8. The molecule has 1 aromatic heterocycles. The van der Waals surface area contributed by atoms with Gasteiger partial charge in [-0.15, -0.1) is 24.0 Å². The monoisotopic (exact) mass is 514 g/mol. The number of piperidine rings is 1. The quantitative estimate of drug-likeness (QED) is 0.257. The fourth-order valence-corrected chi connectivity index (χ4v) is 3.66. The lowest BCUT2D eigenvalue weighted by atomic mass is 10.0. The van der Waals surface area contributed by atoms with Gasteiger partial charge in [-0.1, -0.05) is 12.5 Å². The molecule has 1 atom stereocenters. The van der Waals surface area contributed by atoms with E-state index in [1.807, 2.05) is 6.07 Å². The molecule has 0 bridgehead atoms. The first-order valence-corrected chi connectivity index (χ1v) is 10.1. The number of hydrogen-bond acceptors (Lipinski definition) is 3. The zero-order chi connectivity index (χ0) is 19.8. The Kier molecular flexibility index (Phi) is 9.86. The van der Waals surface area contributed by atoms with E-state index in [0.717, 1.165) is 31.0 Å². The van der Waals surface area contributed by atoms with Gasteiger partial charge in [0.25, 0.3) is 0 Å². The van der Waals surface area contributed by atoms with Crippen LogP contribution in [-0.4, -0.2) is 53.1 Å². The SMILES string of the molecule is CN=C(NCCCN1CCCCC1C)NCc1ccc(-n2ccnc2)c(F)c1.I. The maximum absolute atomic E-state index is 14.3. The minimum atomic E-state index is -0.268. The summed E-state index contributed by atoms with van der Waals surface area (Å²) in [5, 5.41) is 6.60. The van der Waals surface area contributed by atoms with Crippen molar-refractivity contribution < 1.29 is 4.39 Å². The number of aliphatic imine (C=N–C) groups is 1. The van der Waals surface area contributed by atoms with Gasteiger partial charge in [0.15, 0.2) is 5.96 Å². The van der Waals surface area contributed by atoms with Crippen LogP contribution in [0.2, 0.25) is 0 Å². The van der Waals surface area contributed by atoms with Crippen molar-refractivity contribution in [2.75, 3.05) is 26.7 Å². The van der Waals surface area contributed by atoms with Gasteiger partial charge in [-0.25, -0.2) is 9.37 Å². The molecule has 1 saturated heterocycles.